The Bertz CT molecular complexity index is 1050. The van der Waals surface area contributed by atoms with E-state index < -0.39 is 11.8 Å². The zero-order valence-electron chi connectivity index (χ0n) is 14.9. The van der Waals surface area contributed by atoms with Crippen molar-refractivity contribution < 1.29 is 14.3 Å². The number of ether oxygens (including phenoxy) is 1. The minimum Gasteiger partial charge on any atom is -0.497 e. The van der Waals surface area contributed by atoms with Gasteiger partial charge in [-0.3, -0.25) is 9.59 Å². The Labute approximate surface area is 165 Å². The molecule has 0 bridgehead atoms. The van der Waals surface area contributed by atoms with Crippen LogP contribution in [0.2, 0.25) is 0 Å². The lowest BCUT2D eigenvalue weighted by Gasteiger charge is -2.05. The molecule has 0 fully saturated rings. The van der Waals surface area contributed by atoms with Crippen molar-refractivity contribution in [2.45, 2.75) is 0 Å². The Kier molecular flexibility index (Phi) is 5.58. The molecule has 0 aliphatic heterocycles. The maximum absolute atomic E-state index is 12.5. The van der Waals surface area contributed by atoms with Gasteiger partial charge in [0.2, 0.25) is 0 Å². The number of hydrogen-bond donors (Lipinski definition) is 3. The van der Waals surface area contributed by atoms with Gasteiger partial charge >= 0.3 is 0 Å². The largest absolute Gasteiger partial charge is 0.497 e. The second-order valence-corrected chi connectivity index (χ2v) is 6.59. The zero-order chi connectivity index (χ0) is 20.1. The van der Waals surface area contributed by atoms with Crippen molar-refractivity contribution >= 4 is 39.0 Å². The molecule has 1 heterocycles. The van der Waals surface area contributed by atoms with Crippen LogP contribution in [0.4, 0.5) is 15.8 Å². The highest BCUT2D eigenvalue weighted by atomic mass is 32.1. The third-order valence-electron chi connectivity index (χ3n) is 3.74. The molecule has 8 heteroatoms. The minimum absolute atomic E-state index is 0.0189. The number of nitrogens with two attached hydrogens (primary N) is 1. The molecular weight excluding hydrogens is 376 g/mol. The summed E-state index contributed by atoms with van der Waals surface area (Å²) in [5.74, 6) is 2.04. The molecule has 28 heavy (non-hydrogen) atoms. The molecular formula is C20H16N4O3S. The standard InChI is InChI=1S/C20H16N4O3S/c1-3-12-4-8-14(9-5-12)22-20-23-16(17(21)25)19(28-20)24-18(26)13-6-10-15(27-2)11-7-13/h1,4-11H,2H3,(H2,21,25)(H,22,23)(H,24,26). The van der Waals surface area contributed by atoms with Crippen LogP contribution in [0.3, 0.4) is 0 Å². The number of thiazole rings is 1. The maximum atomic E-state index is 12.5. The van der Waals surface area contributed by atoms with E-state index in [1.807, 2.05) is 0 Å². The molecule has 7 nitrogen and oxygen atoms in total. The summed E-state index contributed by atoms with van der Waals surface area (Å²) in [6.07, 6.45) is 5.34. The van der Waals surface area contributed by atoms with Gasteiger partial charge in [0.15, 0.2) is 10.8 Å². The predicted octanol–water partition coefficient (Wildman–Crippen LogP) is 3.23. The molecule has 0 aliphatic carbocycles. The Morgan fingerprint density at radius 3 is 2.39 bits per heavy atom. The lowest BCUT2D eigenvalue weighted by Crippen LogP contribution is -2.17. The average Bonchev–Trinajstić information content (AvgIpc) is 3.11. The van der Waals surface area contributed by atoms with Crippen LogP contribution in [-0.2, 0) is 0 Å². The minimum atomic E-state index is -0.739. The third-order valence-corrected chi connectivity index (χ3v) is 4.63. The van der Waals surface area contributed by atoms with Gasteiger partial charge in [0.05, 0.1) is 7.11 Å². The topological polar surface area (TPSA) is 106 Å². The molecule has 3 rings (SSSR count). The molecule has 0 saturated heterocycles. The van der Waals surface area contributed by atoms with Gasteiger partial charge in [-0.15, -0.1) is 6.42 Å². The first-order valence-corrected chi connectivity index (χ1v) is 8.91. The van der Waals surface area contributed by atoms with Crippen molar-refractivity contribution in [3.63, 3.8) is 0 Å². The van der Waals surface area contributed by atoms with Crippen LogP contribution < -0.4 is 21.1 Å². The van der Waals surface area contributed by atoms with Crippen molar-refractivity contribution in [1.29, 1.82) is 0 Å². The number of amides is 2. The normalized spacial score (nSPS) is 10.0. The van der Waals surface area contributed by atoms with E-state index in [-0.39, 0.29) is 10.7 Å². The third kappa shape index (κ3) is 4.28. The fourth-order valence-electron chi connectivity index (χ4n) is 2.32. The van der Waals surface area contributed by atoms with Crippen LogP contribution in [0, 0.1) is 12.3 Å². The van der Waals surface area contributed by atoms with Gasteiger partial charge in [-0.2, -0.15) is 0 Å². The number of nitrogens with zero attached hydrogens (tertiary/aromatic N) is 1. The smallest absolute Gasteiger partial charge is 0.270 e. The molecule has 0 unspecified atom stereocenters. The second-order valence-electron chi connectivity index (χ2n) is 5.59. The van der Waals surface area contributed by atoms with Gasteiger partial charge in [-0.25, -0.2) is 4.98 Å². The SMILES string of the molecule is C#Cc1ccc(Nc2nc(C(N)=O)c(NC(=O)c3ccc(OC)cc3)s2)cc1. The van der Waals surface area contributed by atoms with Crippen molar-refractivity contribution in [3.05, 3.63) is 65.4 Å². The van der Waals surface area contributed by atoms with E-state index in [1.54, 1.807) is 55.6 Å². The number of terminal acetylenes is 1. The summed E-state index contributed by atoms with van der Waals surface area (Å²) in [5, 5.41) is 6.41. The molecule has 0 atom stereocenters. The molecule has 3 aromatic rings. The molecule has 1 aromatic heterocycles. The summed E-state index contributed by atoms with van der Waals surface area (Å²) in [7, 11) is 1.54. The van der Waals surface area contributed by atoms with Crippen LogP contribution in [0.25, 0.3) is 0 Å². The highest BCUT2D eigenvalue weighted by Gasteiger charge is 2.19. The number of benzene rings is 2. The lowest BCUT2D eigenvalue weighted by molar-refractivity contribution is 0.0997. The van der Waals surface area contributed by atoms with Crippen molar-refractivity contribution in [2.75, 3.05) is 17.7 Å². The Morgan fingerprint density at radius 2 is 1.82 bits per heavy atom. The van der Waals surface area contributed by atoms with Crippen molar-refractivity contribution in [3.8, 4) is 18.1 Å². The number of nitrogens with one attached hydrogen (secondary N) is 2. The van der Waals surface area contributed by atoms with E-state index in [9.17, 15) is 9.59 Å². The molecule has 0 aliphatic rings. The Balaban J connectivity index is 1.80. The fraction of sp³-hybridized carbons (Fsp3) is 0.0500. The first-order valence-electron chi connectivity index (χ1n) is 8.10. The van der Waals surface area contributed by atoms with Crippen LogP contribution in [0.5, 0.6) is 5.75 Å². The number of methoxy groups -OCH3 is 1. The summed E-state index contributed by atoms with van der Waals surface area (Å²) in [6, 6.07) is 13.7. The number of hydrogen-bond acceptors (Lipinski definition) is 6. The monoisotopic (exact) mass is 392 g/mol. The molecule has 4 N–H and O–H groups in total. The maximum Gasteiger partial charge on any atom is 0.270 e. The number of carbonyl (C=O) groups is 2. The molecule has 140 valence electrons. The quantitative estimate of drug-likeness (QED) is 0.559. The zero-order valence-corrected chi connectivity index (χ0v) is 15.7. The summed E-state index contributed by atoms with van der Waals surface area (Å²) in [5.41, 5.74) is 7.27. The number of carbonyl (C=O) groups excluding carboxylic acids is 2. The molecule has 0 spiro atoms. The second kappa shape index (κ2) is 8.24. The first-order chi connectivity index (χ1) is 13.5. The highest BCUT2D eigenvalue weighted by molar-refractivity contribution is 7.20. The van der Waals surface area contributed by atoms with Crippen LogP contribution >= 0.6 is 11.3 Å². The summed E-state index contributed by atoms with van der Waals surface area (Å²) >= 11 is 1.10. The van der Waals surface area contributed by atoms with Crippen LogP contribution in [0.15, 0.2) is 48.5 Å². The Morgan fingerprint density at radius 1 is 1.14 bits per heavy atom. The fourth-order valence-corrected chi connectivity index (χ4v) is 3.20. The van der Waals surface area contributed by atoms with E-state index in [1.165, 1.54) is 0 Å². The van der Waals surface area contributed by atoms with Gasteiger partial charge in [-0.05, 0) is 48.5 Å². The molecule has 2 aromatic carbocycles. The summed E-state index contributed by atoms with van der Waals surface area (Å²) in [4.78, 5) is 28.4. The van der Waals surface area contributed by atoms with Crippen LogP contribution in [-0.4, -0.2) is 23.9 Å². The van der Waals surface area contributed by atoms with Crippen LogP contribution in [0.1, 0.15) is 26.4 Å². The van der Waals surface area contributed by atoms with Gasteiger partial charge in [0.25, 0.3) is 11.8 Å². The number of primary amides is 1. The molecule has 0 saturated carbocycles. The number of aromatic nitrogens is 1. The lowest BCUT2D eigenvalue weighted by atomic mass is 10.2. The summed E-state index contributed by atoms with van der Waals surface area (Å²) < 4.78 is 5.07. The van der Waals surface area contributed by atoms with E-state index in [0.717, 1.165) is 22.6 Å². The van der Waals surface area contributed by atoms with E-state index in [4.69, 9.17) is 16.9 Å². The van der Waals surface area contributed by atoms with E-state index in [2.05, 4.69) is 21.5 Å². The van der Waals surface area contributed by atoms with Crippen molar-refractivity contribution in [2.24, 2.45) is 5.73 Å². The number of anilines is 3. The van der Waals surface area contributed by atoms with Gasteiger partial charge in [0, 0.05) is 16.8 Å². The van der Waals surface area contributed by atoms with E-state index in [0.29, 0.717) is 16.4 Å². The predicted molar refractivity (Wildman–Crippen MR) is 109 cm³/mol. The molecule has 2 amide bonds. The van der Waals surface area contributed by atoms with E-state index >= 15 is 0 Å². The van der Waals surface area contributed by atoms with Gasteiger partial charge in [-0.1, -0.05) is 17.3 Å². The average molecular weight is 392 g/mol. The Hall–Kier alpha value is -3.83. The summed E-state index contributed by atoms with van der Waals surface area (Å²) in [6.45, 7) is 0. The van der Waals surface area contributed by atoms with Gasteiger partial charge < -0.3 is 21.1 Å². The van der Waals surface area contributed by atoms with Gasteiger partial charge in [0.1, 0.15) is 10.8 Å². The first kappa shape index (κ1) is 18.9. The van der Waals surface area contributed by atoms with Crippen molar-refractivity contribution in [1.82, 2.24) is 4.98 Å². The highest BCUT2D eigenvalue weighted by Crippen LogP contribution is 2.31. The molecule has 0 radical (unpaired) electrons. The number of rotatable bonds is 6.